The second kappa shape index (κ2) is 5.82. The molecule has 1 aliphatic rings. The number of aromatic nitrogens is 1. The number of hydrogen-bond donors (Lipinski definition) is 0. The van der Waals surface area contributed by atoms with E-state index in [9.17, 15) is 0 Å². The molecule has 120 valence electrons. The molecule has 0 saturated heterocycles. The van der Waals surface area contributed by atoms with Crippen LogP contribution < -0.4 is 0 Å². The van der Waals surface area contributed by atoms with Crippen molar-refractivity contribution >= 4 is 22.3 Å². The van der Waals surface area contributed by atoms with E-state index in [0.29, 0.717) is 12.1 Å². The van der Waals surface area contributed by atoms with E-state index in [-0.39, 0.29) is 0 Å². The van der Waals surface area contributed by atoms with Crippen LogP contribution in [0.3, 0.4) is 0 Å². The molecular weight excluding hydrogens is 300 g/mol. The first-order valence-corrected chi connectivity index (χ1v) is 7.89. The number of para-hydroxylation sites is 2. The average Bonchev–Trinajstić information content (AvgIpc) is 2.66. The smallest absolute Gasteiger partial charge is 0.218 e. The Balaban J connectivity index is 1.93. The molecule has 0 saturated carbocycles. The molecule has 0 fully saturated rings. The topological polar surface area (TPSA) is 43.7 Å². The minimum atomic E-state index is -0.927. The van der Waals surface area contributed by atoms with Gasteiger partial charge in [0.1, 0.15) is 5.71 Å². The van der Waals surface area contributed by atoms with Gasteiger partial charge < -0.3 is 9.47 Å². The zero-order chi connectivity index (χ0) is 16.6. The molecule has 2 aromatic carbocycles. The van der Waals surface area contributed by atoms with E-state index >= 15 is 0 Å². The molecule has 3 aromatic rings. The van der Waals surface area contributed by atoms with Gasteiger partial charge in [0.25, 0.3) is 0 Å². The van der Waals surface area contributed by atoms with Crippen LogP contribution in [0.1, 0.15) is 11.3 Å². The quantitative estimate of drug-likeness (QED) is 0.688. The Labute approximate surface area is 140 Å². The zero-order valence-electron chi connectivity index (χ0n) is 13.7. The lowest BCUT2D eigenvalue weighted by Gasteiger charge is -2.35. The fourth-order valence-electron chi connectivity index (χ4n) is 3.18. The molecule has 2 heterocycles. The molecule has 0 aliphatic carbocycles. The number of hydrogen-bond acceptors (Lipinski definition) is 4. The summed E-state index contributed by atoms with van der Waals surface area (Å²) >= 11 is 0. The van der Waals surface area contributed by atoms with Gasteiger partial charge in [-0.15, -0.1) is 0 Å². The maximum Gasteiger partial charge on any atom is 0.218 e. The van der Waals surface area contributed by atoms with Gasteiger partial charge in [-0.3, -0.25) is 0 Å². The van der Waals surface area contributed by atoms with Crippen molar-refractivity contribution in [1.29, 1.82) is 0 Å². The van der Waals surface area contributed by atoms with Gasteiger partial charge in [-0.25, -0.2) is 9.98 Å². The number of pyridine rings is 1. The lowest BCUT2D eigenvalue weighted by molar-refractivity contribution is -0.152. The van der Waals surface area contributed by atoms with Gasteiger partial charge in [-0.2, -0.15) is 0 Å². The van der Waals surface area contributed by atoms with Crippen molar-refractivity contribution in [2.45, 2.75) is 12.2 Å². The first-order chi connectivity index (χ1) is 11.8. The largest absolute Gasteiger partial charge is 0.348 e. The predicted molar refractivity (Wildman–Crippen MR) is 94.8 cm³/mol. The molecule has 0 radical (unpaired) electrons. The van der Waals surface area contributed by atoms with Crippen molar-refractivity contribution in [2.75, 3.05) is 14.2 Å². The van der Waals surface area contributed by atoms with E-state index in [2.05, 4.69) is 12.1 Å². The normalized spacial score (nSPS) is 15.8. The number of rotatable bonds is 3. The van der Waals surface area contributed by atoms with Crippen LogP contribution in [0.25, 0.3) is 10.9 Å². The highest BCUT2D eigenvalue weighted by Gasteiger charge is 2.41. The summed E-state index contributed by atoms with van der Waals surface area (Å²) in [6.07, 6.45) is 0.601. The molecule has 0 bridgehead atoms. The summed E-state index contributed by atoms with van der Waals surface area (Å²) in [5.41, 5.74) is 4.44. The van der Waals surface area contributed by atoms with E-state index in [0.717, 1.165) is 27.8 Å². The van der Waals surface area contributed by atoms with Gasteiger partial charge in [0.05, 0.1) is 16.9 Å². The monoisotopic (exact) mass is 318 g/mol. The third kappa shape index (κ3) is 2.31. The van der Waals surface area contributed by atoms with Crippen LogP contribution in [0, 0.1) is 0 Å². The number of ether oxygens (including phenoxy) is 2. The Morgan fingerprint density at radius 1 is 0.875 bits per heavy atom. The minimum Gasteiger partial charge on any atom is -0.348 e. The molecule has 24 heavy (non-hydrogen) atoms. The third-order valence-corrected chi connectivity index (χ3v) is 4.51. The number of aliphatic imine (C=N–C) groups is 1. The van der Waals surface area contributed by atoms with Crippen LogP contribution in [0.15, 0.2) is 65.7 Å². The van der Waals surface area contributed by atoms with Crippen molar-refractivity contribution in [3.63, 3.8) is 0 Å². The third-order valence-electron chi connectivity index (χ3n) is 4.51. The van der Waals surface area contributed by atoms with E-state index in [1.54, 1.807) is 14.2 Å². The Bertz CT molecular complexity index is 930. The van der Waals surface area contributed by atoms with Crippen LogP contribution in [0.5, 0.6) is 0 Å². The SMILES string of the molecule is COC1(OC)Cc2ccccc2N=C1c1ccc2ccccc2n1. The number of benzene rings is 2. The Morgan fingerprint density at radius 2 is 1.62 bits per heavy atom. The van der Waals surface area contributed by atoms with Crippen LogP contribution in [-0.4, -0.2) is 30.7 Å². The first kappa shape index (κ1) is 15.0. The van der Waals surface area contributed by atoms with E-state index in [4.69, 9.17) is 19.5 Å². The molecule has 1 aromatic heterocycles. The van der Waals surface area contributed by atoms with Gasteiger partial charge in [-0.05, 0) is 23.8 Å². The molecule has 4 rings (SSSR count). The van der Waals surface area contributed by atoms with Crippen molar-refractivity contribution in [3.05, 3.63) is 71.9 Å². The zero-order valence-corrected chi connectivity index (χ0v) is 13.7. The predicted octanol–water partition coefficient (Wildman–Crippen LogP) is 3.90. The van der Waals surface area contributed by atoms with Crippen molar-refractivity contribution in [1.82, 2.24) is 4.98 Å². The Hall–Kier alpha value is -2.56. The molecule has 0 spiro atoms. The summed E-state index contributed by atoms with van der Waals surface area (Å²) in [4.78, 5) is 9.59. The lowest BCUT2D eigenvalue weighted by Crippen LogP contribution is -2.47. The van der Waals surface area contributed by atoms with Gasteiger partial charge in [0.15, 0.2) is 0 Å². The maximum atomic E-state index is 5.77. The standard InChI is InChI=1S/C20H18N2O2/c1-23-20(24-2)13-15-8-4-6-10-17(15)22-19(20)18-12-11-14-7-3-5-9-16(14)21-18/h3-12H,13H2,1-2H3. The summed E-state index contributed by atoms with van der Waals surface area (Å²) in [5.74, 6) is -0.927. The fraction of sp³-hybridized carbons (Fsp3) is 0.200. The summed E-state index contributed by atoms with van der Waals surface area (Å²) in [6.45, 7) is 0. The van der Waals surface area contributed by atoms with Crippen molar-refractivity contribution < 1.29 is 9.47 Å². The molecule has 1 aliphatic heterocycles. The number of fused-ring (bicyclic) bond motifs is 2. The molecular formula is C20H18N2O2. The second-order valence-corrected chi connectivity index (χ2v) is 5.82. The maximum absolute atomic E-state index is 5.77. The average molecular weight is 318 g/mol. The highest BCUT2D eigenvalue weighted by atomic mass is 16.7. The lowest BCUT2D eigenvalue weighted by atomic mass is 9.93. The first-order valence-electron chi connectivity index (χ1n) is 7.89. The van der Waals surface area contributed by atoms with Crippen molar-refractivity contribution in [2.24, 2.45) is 4.99 Å². The van der Waals surface area contributed by atoms with Crippen LogP contribution in [0.2, 0.25) is 0 Å². The Morgan fingerprint density at radius 3 is 2.46 bits per heavy atom. The summed E-state index contributed by atoms with van der Waals surface area (Å²) in [6, 6.07) is 20.1. The minimum absolute atomic E-state index is 0.601. The summed E-state index contributed by atoms with van der Waals surface area (Å²) in [5, 5.41) is 1.10. The molecule has 4 nitrogen and oxygen atoms in total. The van der Waals surface area contributed by atoms with Gasteiger partial charge in [0.2, 0.25) is 5.79 Å². The number of methoxy groups -OCH3 is 2. The van der Waals surface area contributed by atoms with Gasteiger partial charge in [0, 0.05) is 26.0 Å². The van der Waals surface area contributed by atoms with E-state index < -0.39 is 5.79 Å². The molecule has 0 N–H and O–H groups in total. The van der Waals surface area contributed by atoms with E-state index in [1.807, 2.05) is 48.5 Å². The molecule has 0 unspecified atom stereocenters. The van der Waals surface area contributed by atoms with Crippen LogP contribution in [0.4, 0.5) is 5.69 Å². The van der Waals surface area contributed by atoms with E-state index in [1.165, 1.54) is 0 Å². The highest BCUT2D eigenvalue weighted by Crippen LogP contribution is 2.35. The molecule has 0 atom stereocenters. The summed E-state index contributed by atoms with van der Waals surface area (Å²) < 4.78 is 11.5. The van der Waals surface area contributed by atoms with Crippen molar-refractivity contribution in [3.8, 4) is 0 Å². The summed E-state index contributed by atoms with van der Waals surface area (Å²) in [7, 11) is 3.29. The van der Waals surface area contributed by atoms with Crippen LogP contribution in [-0.2, 0) is 15.9 Å². The van der Waals surface area contributed by atoms with Gasteiger partial charge in [-0.1, -0.05) is 42.5 Å². The molecule has 0 amide bonds. The second-order valence-electron chi connectivity index (χ2n) is 5.82. The highest BCUT2D eigenvalue weighted by molar-refractivity contribution is 6.08. The Kier molecular flexibility index (Phi) is 3.63. The fourth-order valence-corrected chi connectivity index (χ4v) is 3.18. The molecule has 4 heteroatoms. The number of nitrogens with zero attached hydrogens (tertiary/aromatic N) is 2. The van der Waals surface area contributed by atoms with Crippen LogP contribution >= 0.6 is 0 Å². The van der Waals surface area contributed by atoms with Gasteiger partial charge >= 0.3 is 0 Å².